The first-order chi connectivity index (χ1) is 12.2. The summed E-state index contributed by atoms with van der Waals surface area (Å²) >= 11 is 0. The maximum absolute atomic E-state index is 12.8. The molecule has 6 nitrogen and oxygen atoms in total. The van der Waals surface area contributed by atoms with Crippen LogP contribution in [0.5, 0.6) is 11.5 Å². The number of rotatable bonds is 5. The summed E-state index contributed by atoms with van der Waals surface area (Å²) in [6, 6.07) is 11.7. The Bertz CT molecular complexity index is 762. The second-order valence-electron chi connectivity index (χ2n) is 6.42. The first kappa shape index (κ1) is 15.7. The van der Waals surface area contributed by atoms with Crippen molar-refractivity contribution >= 4 is 6.03 Å². The molecule has 1 atom stereocenters. The van der Waals surface area contributed by atoms with E-state index in [1.807, 2.05) is 48.2 Å². The zero-order valence-corrected chi connectivity index (χ0v) is 14.1. The molecule has 0 unspecified atom stereocenters. The van der Waals surface area contributed by atoms with Gasteiger partial charge in [0.1, 0.15) is 0 Å². The summed E-state index contributed by atoms with van der Waals surface area (Å²) in [6.07, 6.45) is 3.87. The second-order valence-corrected chi connectivity index (χ2v) is 6.42. The van der Waals surface area contributed by atoms with E-state index in [2.05, 4.69) is 10.3 Å². The highest BCUT2D eigenvalue weighted by atomic mass is 16.7. The van der Waals surface area contributed by atoms with Gasteiger partial charge in [0.2, 0.25) is 6.79 Å². The van der Waals surface area contributed by atoms with E-state index in [-0.39, 0.29) is 18.9 Å². The molecular formula is C19H21N3O3. The van der Waals surface area contributed by atoms with Crippen LogP contribution in [0.3, 0.4) is 0 Å². The topological polar surface area (TPSA) is 63.7 Å². The number of benzene rings is 1. The number of pyridine rings is 1. The lowest BCUT2D eigenvalue weighted by molar-refractivity contribution is 0.172. The predicted molar refractivity (Wildman–Crippen MR) is 92.3 cm³/mol. The van der Waals surface area contributed by atoms with Crippen molar-refractivity contribution in [1.82, 2.24) is 15.2 Å². The van der Waals surface area contributed by atoms with Crippen LogP contribution in [0.25, 0.3) is 0 Å². The van der Waals surface area contributed by atoms with Gasteiger partial charge in [0.05, 0.1) is 11.7 Å². The number of hydrogen-bond acceptors (Lipinski definition) is 4. The summed E-state index contributed by atoms with van der Waals surface area (Å²) in [5.74, 6) is 1.48. The number of carbonyl (C=O) groups excluding carboxylic acids is 1. The number of carbonyl (C=O) groups is 1. The minimum Gasteiger partial charge on any atom is -0.454 e. The molecule has 1 aromatic carbocycles. The van der Waals surface area contributed by atoms with Gasteiger partial charge in [-0.3, -0.25) is 4.98 Å². The van der Waals surface area contributed by atoms with E-state index in [0.717, 1.165) is 35.6 Å². The number of nitrogens with zero attached hydrogens (tertiary/aromatic N) is 2. The number of nitrogens with one attached hydrogen (secondary N) is 1. The van der Waals surface area contributed by atoms with E-state index < -0.39 is 0 Å². The Kier molecular flexibility index (Phi) is 4.17. The molecule has 0 spiro atoms. The van der Waals surface area contributed by atoms with Crippen LogP contribution in [-0.4, -0.2) is 28.7 Å². The quantitative estimate of drug-likeness (QED) is 0.908. The summed E-state index contributed by atoms with van der Waals surface area (Å²) in [5, 5.41) is 3.03. The number of aromatic nitrogens is 1. The summed E-state index contributed by atoms with van der Waals surface area (Å²) in [7, 11) is 0. The Labute approximate surface area is 146 Å². The van der Waals surface area contributed by atoms with Gasteiger partial charge in [0.25, 0.3) is 0 Å². The van der Waals surface area contributed by atoms with Crippen molar-refractivity contribution < 1.29 is 14.3 Å². The van der Waals surface area contributed by atoms with E-state index in [1.165, 1.54) is 0 Å². The molecule has 1 aromatic heterocycles. The maximum Gasteiger partial charge on any atom is 0.318 e. The highest BCUT2D eigenvalue weighted by Gasteiger charge is 2.36. The Morgan fingerprint density at radius 1 is 1.28 bits per heavy atom. The molecule has 1 saturated carbocycles. The van der Waals surface area contributed by atoms with Gasteiger partial charge in [-0.05, 0) is 49.6 Å². The molecule has 6 heteroatoms. The van der Waals surface area contributed by atoms with Crippen LogP contribution in [0.15, 0.2) is 42.6 Å². The largest absolute Gasteiger partial charge is 0.454 e. The molecule has 0 radical (unpaired) electrons. The number of amides is 2. The number of urea groups is 1. The molecule has 0 saturated heterocycles. The molecule has 1 aliphatic carbocycles. The van der Waals surface area contributed by atoms with Crippen LogP contribution in [0.2, 0.25) is 0 Å². The van der Waals surface area contributed by atoms with Crippen molar-refractivity contribution in [2.45, 2.75) is 38.4 Å². The normalized spacial score (nSPS) is 16.4. The van der Waals surface area contributed by atoms with Crippen LogP contribution in [-0.2, 0) is 6.54 Å². The smallest absolute Gasteiger partial charge is 0.318 e. The monoisotopic (exact) mass is 339 g/mol. The average molecular weight is 339 g/mol. The van der Waals surface area contributed by atoms with Crippen molar-refractivity contribution in [1.29, 1.82) is 0 Å². The lowest BCUT2D eigenvalue weighted by atomic mass is 10.2. The van der Waals surface area contributed by atoms with E-state index in [1.54, 1.807) is 6.20 Å². The van der Waals surface area contributed by atoms with Crippen molar-refractivity contribution in [3.05, 3.63) is 53.9 Å². The third-order valence-electron chi connectivity index (χ3n) is 4.59. The van der Waals surface area contributed by atoms with Gasteiger partial charge in [0, 0.05) is 18.8 Å². The second kappa shape index (κ2) is 6.63. The zero-order chi connectivity index (χ0) is 17.2. The lowest BCUT2D eigenvalue weighted by Gasteiger charge is -2.29. The van der Waals surface area contributed by atoms with Gasteiger partial charge in [-0.25, -0.2) is 4.79 Å². The van der Waals surface area contributed by atoms with Crippen LogP contribution >= 0.6 is 0 Å². The van der Waals surface area contributed by atoms with Crippen molar-refractivity contribution in [3.8, 4) is 11.5 Å². The summed E-state index contributed by atoms with van der Waals surface area (Å²) in [4.78, 5) is 19.1. The van der Waals surface area contributed by atoms with Crippen LogP contribution in [0.4, 0.5) is 4.79 Å². The van der Waals surface area contributed by atoms with Crippen LogP contribution in [0.1, 0.15) is 37.1 Å². The summed E-state index contributed by atoms with van der Waals surface area (Å²) in [5.41, 5.74) is 1.89. The third kappa shape index (κ3) is 3.38. The SMILES string of the molecule is C[C@@H](c1ccccn1)N(C(=O)NCc1ccc2c(c1)OCO2)C1CC1. The molecule has 2 amide bonds. The average Bonchev–Trinajstić information content (AvgIpc) is 3.36. The van der Waals surface area contributed by atoms with Gasteiger partial charge in [-0.2, -0.15) is 0 Å². The van der Waals surface area contributed by atoms with E-state index >= 15 is 0 Å². The first-order valence-electron chi connectivity index (χ1n) is 8.58. The highest BCUT2D eigenvalue weighted by molar-refractivity contribution is 5.75. The fourth-order valence-electron chi connectivity index (χ4n) is 3.10. The molecule has 1 N–H and O–H groups in total. The molecule has 130 valence electrons. The predicted octanol–water partition coefficient (Wildman–Crippen LogP) is 3.25. The molecule has 2 aromatic rings. The minimum atomic E-state index is -0.0571. The van der Waals surface area contributed by atoms with Gasteiger partial charge >= 0.3 is 6.03 Å². The number of hydrogen-bond donors (Lipinski definition) is 1. The van der Waals surface area contributed by atoms with Crippen molar-refractivity contribution in [2.75, 3.05) is 6.79 Å². The number of fused-ring (bicyclic) bond motifs is 1. The van der Waals surface area contributed by atoms with E-state index in [0.29, 0.717) is 12.6 Å². The third-order valence-corrected chi connectivity index (χ3v) is 4.59. The van der Waals surface area contributed by atoms with Gasteiger partial charge in [-0.15, -0.1) is 0 Å². The molecule has 25 heavy (non-hydrogen) atoms. The summed E-state index contributed by atoms with van der Waals surface area (Å²) in [6.45, 7) is 2.73. The summed E-state index contributed by atoms with van der Waals surface area (Å²) < 4.78 is 10.7. The molecule has 4 rings (SSSR count). The lowest BCUT2D eigenvalue weighted by Crippen LogP contribution is -2.42. The molecule has 2 aliphatic rings. The fraction of sp³-hybridized carbons (Fsp3) is 0.368. The highest BCUT2D eigenvalue weighted by Crippen LogP contribution is 2.34. The fourth-order valence-corrected chi connectivity index (χ4v) is 3.10. The van der Waals surface area contributed by atoms with Gasteiger partial charge in [0.15, 0.2) is 11.5 Å². The zero-order valence-electron chi connectivity index (χ0n) is 14.1. The van der Waals surface area contributed by atoms with Crippen molar-refractivity contribution in [3.63, 3.8) is 0 Å². The van der Waals surface area contributed by atoms with Gasteiger partial charge in [-0.1, -0.05) is 12.1 Å². The first-order valence-corrected chi connectivity index (χ1v) is 8.58. The van der Waals surface area contributed by atoms with Crippen LogP contribution < -0.4 is 14.8 Å². The maximum atomic E-state index is 12.8. The Morgan fingerprint density at radius 2 is 2.12 bits per heavy atom. The Hall–Kier alpha value is -2.76. The molecule has 0 bridgehead atoms. The molecule has 2 heterocycles. The van der Waals surface area contributed by atoms with Crippen LogP contribution in [0, 0.1) is 0 Å². The van der Waals surface area contributed by atoms with E-state index in [4.69, 9.17) is 9.47 Å². The minimum absolute atomic E-state index is 0.0505. The molecular weight excluding hydrogens is 318 g/mol. The van der Waals surface area contributed by atoms with Gasteiger partial charge < -0.3 is 19.7 Å². The Morgan fingerprint density at radius 3 is 2.88 bits per heavy atom. The standard InChI is InChI=1S/C19H21N3O3/c1-13(16-4-2-3-9-20-16)22(15-6-7-15)19(23)21-11-14-5-8-17-18(10-14)25-12-24-17/h2-5,8-10,13,15H,6-7,11-12H2,1H3,(H,21,23)/t13-/m0/s1. The Balaban J connectivity index is 1.43. The van der Waals surface area contributed by atoms with Crippen molar-refractivity contribution in [2.24, 2.45) is 0 Å². The molecule has 1 aliphatic heterocycles. The number of ether oxygens (including phenoxy) is 2. The van der Waals surface area contributed by atoms with E-state index in [9.17, 15) is 4.79 Å². The molecule has 1 fully saturated rings.